The van der Waals surface area contributed by atoms with Gasteiger partial charge in [-0.2, -0.15) is 0 Å². The van der Waals surface area contributed by atoms with Crippen LogP contribution in [0.2, 0.25) is 0 Å². The van der Waals surface area contributed by atoms with Crippen LogP contribution in [0.3, 0.4) is 0 Å². The maximum absolute atomic E-state index is 2.55. The minimum Gasteiger partial charge on any atom is -0.345 e. The molecule has 5 aliphatic carbocycles. The first kappa shape index (κ1) is 42.8. The molecule has 1 unspecified atom stereocenters. The smallest absolute Gasteiger partial charge is 0.0725 e. The van der Waals surface area contributed by atoms with Crippen molar-refractivity contribution in [2.24, 2.45) is 0 Å². The molecule has 0 fully saturated rings. The number of hydrogen-bond acceptors (Lipinski definition) is 1. The van der Waals surface area contributed by atoms with Crippen molar-refractivity contribution in [3.63, 3.8) is 0 Å². The lowest BCUT2D eigenvalue weighted by molar-refractivity contribution is 0.714. The average molecular weight is 979 g/mol. The number of nitrogens with zero attached hydrogens (tertiary/aromatic N) is 2. The molecular weight excluding hydrogens is 929 g/mol. The highest BCUT2D eigenvalue weighted by atomic mass is 15.1. The van der Waals surface area contributed by atoms with Crippen LogP contribution in [-0.2, 0) is 10.8 Å². The molecule has 1 atom stereocenters. The summed E-state index contributed by atoms with van der Waals surface area (Å²) in [4.78, 5) is 2.25. The molecule has 0 saturated heterocycles. The molecule has 5 aliphatic rings. The highest BCUT2D eigenvalue weighted by Crippen LogP contribution is 2.65. The Hall–Kier alpha value is -9.50. The average Bonchev–Trinajstić information content (AvgIpc) is 4.46. The van der Waals surface area contributed by atoms with Crippen molar-refractivity contribution >= 4 is 38.8 Å². The third-order valence-electron chi connectivity index (χ3n) is 18.4. The zero-order chi connectivity index (χ0) is 50.6. The molecule has 0 aliphatic heterocycles. The Morgan fingerprint density at radius 3 is 1.29 bits per heavy atom. The Kier molecular flexibility index (Phi) is 8.77. The van der Waals surface area contributed by atoms with E-state index in [0.717, 1.165) is 29.9 Å². The molecule has 12 aromatic rings. The van der Waals surface area contributed by atoms with E-state index in [1.54, 1.807) is 5.57 Å². The van der Waals surface area contributed by atoms with Crippen LogP contribution in [0.1, 0.15) is 57.3 Å². The second-order valence-electron chi connectivity index (χ2n) is 21.8. The van der Waals surface area contributed by atoms with E-state index >= 15 is 0 Å². The van der Waals surface area contributed by atoms with Crippen LogP contribution < -0.4 is 4.90 Å². The van der Waals surface area contributed by atoms with Crippen molar-refractivity contribution < 1.29 is 0 Å². The molecule has 360 valence electrons. The van der Waals surface area contributed by atoms with Gasteiger partial charge in [-0.3, -0.25) is 0 Å². The predicted octanol–water partition coefficient (Wildman–Crippen LogP) is 18.7. The maximum Gasteiger partial charge on any atom is 0.0725 e. The fourth-order valence-electron chi connectivity index (χ4n) is 15.1. The number of para-hydroxylation sites is 1. The summed E-state index contributed by atoms with van der Waals surface area (Å²) in [5.74, 6) is 0. The predicted molar refractivity (Wildman–Crippen MR) is 320 cm³/mol. The molecule has 17 rings (SSSR count). The van der Waals surface area contributed by atoms with Crippen LogP contribution in [-0.4, -0.2) is 11.6 Å². The van der Waals surface area contributed by atoms with Crippen molar-refractivity contribution in [1.29, 1.82) is 0 Å². The highest BCUT2D eigenvalue weighted by Gasteiger charge is 2.53. The van der Waals surface area contributed by atoms with Crippen LogP contribution >= 0.6 is 0 Å². The number of allylic oxidation sites excluding steroid dienone is 4. The summed E-state index contributed by atoms with van der Waals surface area (Å²) in [6.07, 6.45) is 6.88. The van der Waals surface area contributed by atoms with Crippen LogP contribution in [0, 0.1) is 0 Å². The van der Waals surface area contributed by atoms with Crippen LogP contribution in [0.5, 0.6) is 0 Å². The molecule has 11 aromatic carbocycles. The van der Waals surface area contributed by atoms with E-state index in [1.807, 2.05) is 0 Å². The fourth-order valence-corrected chi connectivity index (χ4v) is 15.1. The van der Waals surface area contributed by atoms with Gasteiger partial charge in [0.25, 0.3) is 0 Å². The molecule has 0 bridgehead atoms. The van der Waals surface area contributed by atoms with Gasteiger partial charge in [0.1, 0.15) is 0 Å². The molecule has 2 heteroatoms. The van der Waals surface area contributed by atoms with Gasteiger partial charge in [-0.05, 0) is 197 Å². The number of fused-ring (bicyclic) bond motifs is 22. The molecular formula is C75H50N2. The SMILES string of the molecule is CN(c1ccccc1)c1ccc(-n2c3ccc(-c4ccc5c(c4)C4(C6=C(C=CCC6)c6ccccc64)c4ccccc4-5)cc3c3cc(-c4ccc5c(c4)C4(c6ccccc6-c6ccccc64)c4ccccc4-5)ccc32)cc1. The van der Waals surface area contributed by atoms with Crippen LogP contribution in [0.15, 0.2) is 266 Å². The largest absolute Gasteiger partial charge is 0.345 e. The Balaban J connectivity index is 0.862. The molecule has 0 amide bonds. The van der Waals surface area contributed by atoms with Gasteiger partial charge in [-0.25, -0.2) is 0 Å². The van der Waals surface area contributed by atoms with Crippen LogP contribution in [0.25, 0.3) is 88.7 Å². The maximum atomic E-state index is 2.55. The molecule has 2 spiro atoms. The molecule has 1 aromatic heterocycles. The van der Waals surface area contributed by atoms with E-state index in [9.17, 15) is 0 Å². The number of aromatic nitrogens is 1. The van der Waals surface area contributed by atoms with E-state index in [4.69, 9.17) is 0 Å². The summed E-state index contributed by atoms with van der Waals surface area (Å²) < 4.78 is 2.47. The van der Waals surface area contributed by atoms with Gasteiger partial charge in [0.15, 0.2) is 0 Å². The summed E-state index contributed by atoms with van der Waals surface area (Å²) in [7, 11) is 2.14. The summed E-state index contributed by atoms with van der Waals surface area (Å²) in [5, 5.41) is 2.47. The van der Waals surface area contributed by atoms with E-state index in [0.29, 0.717) is 0 Å². The second kappa shape index (κ2) is 15.8. The van der Waals surface area contributed by atoms with Gasteiger partial charge in [0.2, 0.25) is 0 Å². The zero-order valence-corrected chi connectivity index (χ0v) is 42.6. The molecule has 1 heterocycles. The minimum absolute atomic E-state index is 0.327. The molecule has 0 N–H and O–H groups in total. The lowest BCUT2D eigenvalue weighted by atomic mass is 9.68. The van der Waals surface area contributed by atoms with E-state index in [1.165, 1.54) is 128 Å². The monoisotopic (exact) mass is 978 g/mol. The van der Waals surface area contributed by atoms with Crippen molar-refractivity contribution in [2.45, 2.75) is 23.7 Å². The second-order valence-corrected chi connectivity index (χ2v) is 21.8. The Bertz CT molecular complexity index is 4520. The van der Waals surface area contributed by atoms with Crippen molar-refractivity contribution in [3.8, 4) is 61.3 Å². The van der Waals surface area contributed by atoms with Gasteiger partial charge in [0.05, 0.1) is 21.9 Å². The van der Waals surface area contributed by atoms with Gasteiger partial charge in [-0.15, -0.1) is 0 Å². The van der Waals surface area contributed by atoms with E-state index in [-0.39, 0.29) is 5.41 Å². The molecule has 2 nitrogen and oxygen atoms in total. The standard InChI is InChI=1S/C75H50N2/c1-76(51-17-3-2-4-18-51)52-35-37-53(38-36-52)77-72-41-33-47(49-31-39-60-58-23-9-15-29-68(58)74(70(60)45-49)64-25-11-5-19-54(64)55-20-6-12-26-65(55)74)43-62(72)63-44-48(34-42-73(63)77)50-32-40-61-59-24-10-16-30-69(59)75(71(61)46-50)66-27-13-7-21-56(66)57-22-8-14-28-67(57)75/h2-13,15-27,29-46H,14,28H2,1H3. The molecule has 0 radical (unpaired) electrons. The summed E-state index contributed by atoms with van der Waals surface area (Å²) in [6, 6.07) is 94.4. The first-order chi connectivity index (χ1) is 38.1. The van der Waals surface area contributed by atoms with E-state index in [2.05, 4.69) is 277 Å². The number of rotatable bonds is 5. The highest BCUT2D eigenvalue weighted by molar-refractivity contribution is 6.12. The van der Waals surface area contributed by atoms with Gasteiger partial charge >= 0.3 is 0 Å². The first-order valence-electron chi connectivity index (χ1n) is 27.3. The lowest BCUT2D eigenvalue weighted by Gasteiger charge is -2.33. The Morgan fingerprint density at radius 2 is 0.753 bits per heavy atom. The fraction of sp³-hybridized carbons (Fsp3) is 0.0667. The molecule has 77 heavy (non-hydrogen) atoms. The van der Waals surface area contributed by atoms with Crippen molar-refractivity contribution in [1.82, 2.24) is 4.57 Å². The zero-order valence-electron chi connectivity index (χ0n) is 42.6. The lowest BCUT2D eigenvalue weighted by Crippen LogP contribution is -2.27. The number of anilines is 2. The first-order valence-corrected chi connectivity index (χ1v) is 27.3. The van der Waals surface area contributed by atoms with Gasteiger partial charge in [-0.1, -0.05) is 188 Å². The molecule has 0 saturated carbocycles. The third kappa shape index (κ3) is 5.59. The van der Waals surface area contributed by atoms with Gasteiger partial charge in [0, 0.05) is 34.9 Å². The number of hydrogen-bond donors (Lipinski definition) is 0. The number of benzene rings is 11. The van der Waals surface area contributed by atoms with Crippen molar-refractivity contribution in [2.75, 3.05) is 11.9 Å². The topological polar surface area (TPSA) is 8.17 Å². The third-order valence-corrected chi connectivity index (χ3v) is 18.4. The van der Waals surface area contributed by atoms with Crippen LogP contribution in [0.4, 0.5) is 11.4 Å². The Labute approximate surface area is 448 Å². The summed E-state index contributed by atoms with van der Waals surface area (Å²) in [6.45, 7) is 0. The van der Waals surface area contributed by atoms with Gasteiger partial charge < -0.3 is 9.47 Å². The summed E-state index contributed by atoms with van der Waals surface area (Å²) >= 11 is 0. The normalized spacial score (nSPS) is 16.3. The summed E-state index contributed by atoms with van der Waals surface area (Å²) in [5.41, 5.74) is 31.9. The quantitative estimate of drug-likeness (QED) is 0.167. The van der Waals surface area contributed by atoms with E-state index < -0.39 is 5.41 Å². The minimum atomic E-state index is -0.410. The Morgan fingerprint density at radius 1 is 0.351 bits per heavy atom. The van der Waals surface area contributed by atoms with Crippen molar-refractivity contribution in [3.05, 3.63) is 311 Å².